The van der Waals surface area contributed by atoms with E-state index in [1.54, 1.807) is 13.0 Å². The number of nitrogens with zero attached hydrogens (tertiary/aromatic N) is 3. The molecule has 1 aromatic carbocycles. The summed E-state index contributed by atoms with van der Waals surface area (Å²) in [6, 6.07) is 4.46. The number of ether oxygens (including phenoxy) is 1. The van der Waals surface area contributed by atoms with Gasteiger partial charge >= 0.3 is 6.09 Å². The van der Waals surface area contributed by atoms with Crippen LogP contribution in [-0.4, -0.2) is 58.6 Å². The first kappa shape index (κ1) is 19.9. The SMILES string of the molecule is Cc1nnc(-c2ccc(OCC[C@@H]3CN(C(=O)O)CCN3)cc2F)o1.Cl. The van der Waals surface area contributed by atoms with Crippen LogP contribution in [0.5, 0.6) is 5.75 Å². The number of carboxylic acid groups (broad SMARTS) is 1. The number of piperazine rings is 1. The second-order valence-electron chi connectivity index (χ2n) is 5.78. The Morgan fingerprint density at radius 3 is 2.96 bits per heavy atom. The zero-order valence-corrected chi connectivity index (χ0v) is 15.0. The number of carbonyl (C=O) groups is 1. The first-order valence-electron chi connectivity index (χ1n) is 7.97. The maximum absolute atomic E-state index is 14.2. The molecule has 0 unspecified atom stereocenters. The normalized spacial score (nSPS) is 16.8. The molecule has 1 aromatic heterocycles. The van der Waals surface area contributed by atoms with Crippen molar-refractivity contribution in [3.8, 4) is 17.2 Å². The summed E-state index contributed by atoms with van der Waals surface area (Å²) in [7, 11) is 0. The van der Waals surface area contributed by atoms with Crippen molar-refractivity contribution in [3.05, 3.63) is 29.9 Å². The second-order valence-corrected chi connectivity index (χ2v) is 5.78. The van der Waals surface area contributed by atoms with Crippen LogP contribution in [0.15, 0.2) is 22.6 Å². The van der Waals surface area contributed by atoms with Crippen molar-refractivity contribution < 1.29 is 23.4 Å². The van der Waals surface area contributed by atoms with Gasteiger partial charge in [0.05, 0.1) is 12.2 Å². The lowest BCUT2D eigenvalue weighted by Crippen LogP contribution is -2.52. The van der Waals surface area contributed by atoms with E-state index in [9.17, 15) is 9.18 Å². The van der Waals surface area contributed by atoms with Crippen molar-refractivity contribution in [2.75, 3.05) is 26.2 Å². The lowest BCUT2D eigenvalue weighted by Gasteiger charge is -2.31. The largest absolute Gasteiger partial charge is 0.493 e. The van der Waals surface area contributed by atoms with E-state index in [0.29, 0.717) is 44.3 Å². The maximum atomic E-state index is 14.2. The van der Waals surface area contributed by atoms with Crippen LogP contribution in [-0.2, 0) is 0 Å². The molecule has 1 aliphatic rings. The molecular formula is C16H20ClFN4O4. The molecule has 1 aliphatic heterocycles. The van der Waals surface area contributed by atoms with Gasteiger partial charge in [0.1, 0.15) is 11.6 Å². The fourth-order valence-corrected chi connectivity index (χ4v) is 2.68. The molecule has 0 saturated carbocycles. The van der Waals surface area contributed by atoms with Gasteiger partial charge in [0.2, 0.25) is 5.89 Å². The molecule has 2 heterocycles. The Hall–Kier alpha value is -2.39. The lowest BCUT2D eigenvalue weighted by atomic mass is 10.1. The number of amides is 1. The smallest absolute Gasteiger partial charge is 0.407 e. The highest BCUT2D eigenvalue weighted by Crippen LogP contribution is 2.25. The number of rotatable bonds is 5. The van der Waals surface area contributed by atoms with E-state index in [1.165, 1.54) is 17.0 Å². The predicted octanol–water partition coefficient (Wildman–Crippen LogP) is 2.33. The van der Waals surface area contributed by atoms with Gasteiger partial charge in [-0.2, -0.15) is 0 Å². The molecule has 1 saturated heterocycles. The van der Waals surface area contributed by atoms with Crippen LogP contribution >= 0.6 is 12.4 Å². The standard InChI is InChI=1S/C16H19FN4O4.ClH/c1-10-19-20-15(25-10)13-3-2-12(8-14(13)17)24-7-4-11-9-21(16(22)23)6-5-18-11;/h2-3,8,11,18H,4-7,9H2,1H3,(H,22,23);1H/t11-;/m1./s1. The summed E-state index contributed by atoms with van der Waals surface area (Å²) in [6.45, 7) is 3.50. The quantitative estimate of drug-likeness (QED) is 0.813. The molecule has 26 heavy (non-hydrogen) atoms. The molecular weight excluding hydrogens is 367 g/mol. The van der Waals surface area contributed by atoms with Gasteiger partial charge in [-0.3, -0.25) is 0 Å². The monoisotopic (exact) mass is 386 g/mol. The summed E-state index contributed by atoms with van der Waals surface area (Å²) in [5.74, 6) is 0.379. The van der Waals surface area contributed by atoms with Crippen molar-refractivity contribution in [2.24, 2.45) is 0 Å². The third-order valence-corrected chi connectivity index (χ3v) is 3.96. The zero-order valence-electron chi connectivity index (χ0n) is 14.1. The topological polar surface area (TPSA) is 101 Å². The van der Waals surface area contributed by atoms with Gasteiger partial charge in [-0.15, -0.1) is 22.6 Å². The van der Waals surface area contributed by atoms with Crippen LogP contribution in [0.25, 0.3) is 11.5 Å². The third-order valence-electron chi connectivity index (χ3n) is 3.96. The number of hydrogen-bond donors (Lipinski definition) is 2. The molecule has 10 heteroatoms. The van der Waals surface area contributed by atoms with Crippen LogP contribution < -0.4 is 10.1 Å². The van der Waals surface area contributed by atoms with Crippen LogP contribution in [0, 0.1) is 12.7 Å². The fraction of sp³-hybridized carbons (Fsp3) is 0.438. The first-order valence-corrected chi connectivity index (χ1v) is 7.97. The van der Waals surface area contributed by atoms with E-state index in [2.05, 4.69) is 15.5 Å². The summed E-state index contributed by atoms with van der Waals surface area (Å²) >= 11 is 0. The minimum absolute atomic E-state index is 0. The Morgan fingerprint density at radius 2 is 2.31 bits per heavy atom. The van der Waals surface area contributed by atoms with Gasteiger partial charge < -0.3 is 24.5 Å². The molecule has 1 fully saturated rings. The van der Waals surface area contributed by atoms with E-state index >= 15 is 0 Å². The van der Waals surface area contributed by atoms with Crippen LogP contribution in [0.3, 0.4) is 0 Å². The number of benzene rings is 1. The number of aryl methyl sites for hydroxylation is 1. The Bertz CT molecular complexity index is 758. The first-order chi connectivity index (χ1) is 12.0. The van der Waals surface area contributed by atoms with E-state index in [-0.39, 0.29) is 29.9 Å². The molecule has 8 nitrogen and oxygen atoms in total. The highest BCUT2D eigenvalue weighted by molar-refractivity contribution is 5.85. The summed E-state index contributed by atoms with van der Waals surface area (Å²) in [5.41, 5.74) is 0.221. The Kier molecular flexibility index (Phi) is 6.76. The van der Waals surface area contributed by atoms with Gasteiger partial charge in [0, 0.05) is 38.7 Å². The Labute approximate surface area is 155 Å². The average molecular weight is 387 g/mol. The van der Waals surface area contributed by atoms with Crippen molar-refractivity contribution >= 4 is 18.5 Å². The molecule has 1 atom stereocenters. The molecule has 0 spiro atoms. The Morgan fingerprint density at radius 1 is 1.50 bits per heavy atom. The molecule has 0 bridgehead atoms. The maximum Gasteiger partial charge on any atom is 0.407 e. The van der Waals surface area contributed by atoms with E-state index < -0.39 is 11.9 Å². The van der Waals surface area contributed by atoms with Crippen LogP contribution in [0.2, 0.25) is 0 Å². The fourth-order valence-electron chi connectivity index (χ4n) is 2.68. The number of halogens is 2. The number of nitrogens with one attached hydrogen (secondary N) is 1. The van der Waals surface area contributed by atoms with E-state index in [4.69, 9.17) is 14.3 Å². The minimum Gasteiger partial charge on any atom is -0.493 e. The van der Waals surface area contributed by atoms with Gasteiger partial charge in [0.25, 0.3) is 5.89 Å². The zero-order chi connectivity index (χ0) is 17.8. The molecule has 1 amide bonds. The van der Waals surface area contributed by atoms with Crippen molar-refractivity contribution in [3.63, 3.8) is 0 Å². The summed E-state index contributed by atoms with van der Waals surface area (Å²) in [6.07, 6.45) is -0.294. The third kappa shape index (κ3) is 4.83. The van der Waals surface area contributed by atoms with Gasteiger partial charge in [-0.25, -0.2) is 9.18 Å². The van der Waals surface area contributed by atoms with E-state index in [1.807, 2.05) is 0 Å². The van der Waals surface area contributed by atoms with E-state index in [0.717, 1.165) is 0 Å². The summed E-state index contributed by atoms with van der Waals surface area (Å²) in [5, 5.41) is 19.7. The van der Waals surface area contributed by atoms with Crippen LogP contribution in [0.4, 0.5) is 9.18 Å². The highest BCUT2D eigenvalue weighted by atomic mass is 35.5. The van der Waals surface area contributed by atoms with Crippen LogP contribution in [0.1, 0.15) is 12.3 Å². The summed E-state index contributed by atoms with van der Waals surface area (Å²) < 4.78 is 25.0. The van der Waals surface area contributed by atoms with Crippen molar-refractivity contribution in [2.45, 2.75) is 19.4 Å². The molecule has 2 aromatic rings. The molecule has 142 valence electrons. The van der Waals surface area contributed by atoms with Crippen molar-refractivity contribution in [1.29, 1.82) is 0 Å². The molecule has 0 radical (unpaired) electrons. The second kappa shape index (κ2) is 8.81. The molecule has 3 rings (SSSR count). The molecule has 0 aliphatic carbocycles. The summed E-state index contributed by atoms with van der Waals surface area (Å²) in [4.78, 5) is 12.4. The Balaban J connectivity index is 0.00000243. The van der Waals surface area contributed by atoms with Crippen molar-refractivity contribution in [1.82, 2.24) is 20.4 Å². The molecule has 2 N–H and O–H groups in total. The lowest BCUT2D eigenvalue weighted by molar-refractivity contribution is 0.124. The predicted molar refractivity (Wildman–Crippen MR) is 93.2 cm³/mol. The number of hydrogen-bond acceptors (Lipinski definition) is 6. The average Bonchev–Trinajstić information content (AvgIpc) is 3.01. The van der Waals surface area contributed by atoms with Gasteiger partial charge in [-0.05, 0) is 18.6 Å². The van der Waals surface area contributed by atoms with Gasteiger partial charge in [-0.1, -0.05) is 0 Å². The number of aromatic nitrogens is 2. The van der Waals surface area contributed by atoms with Gasteiger partial charge in [0.15, 0.2) is 0 Å². The minimum atomic E-state index is -0.915. The highest BCUT2D eigenvalue weighted by Gasteiger charge is 2.22.